The molecule has 0 aliphatic carbocycles. The number of hydrogen-bond acceptors (Lipinski definition) is 3. The van der Waals surface area contributed by atoms with Crippen LogP contribution >= 0.6 is 11.3 Å². The summed E-state index contributed by atoms with van der Waals surface area (Å²) in [4.78, 5) is 5.47. The first-order valence-electron chi connectivity index (χ1n) is 6.38. The molecule has 3 heteroatoms. The third kappa shape index (κ3) is 3.18. The first kappa shape index (κ1) is 13.2. The molecule has 0 spiro atoms. The fraction of sp³-hybridized carbons (Fsp3) is 0.400. The Balaban J connectivity index is 2.11. The summed E-state index contributed by atoms with van der Waals surface area (Å²) in [6, 6.07) is 9.22. The van der Waals surface area contributed by atoms with Gasteiger partial charge in [0, 0.05) is 29.4 Å². The molecule has 2 heterocycles. The topological polar surface area (TPSA) is 24.9 Å². The van der Waals surface area contributed by atoms with Crippen molar-refractivity contribution in [2.24, 2.45) is 5.92 Å². The van der Waals surface area contributed by atoms with Crippen LogP contribution in [0.2, 0.25) is 0 Å². The Morgan fingerprint density at radius 1 is 1.11 bits per heavy atom. The van der Waals surface area contributed by atoms with E-state index in [1.807, 2.05) is 23.7 Å². The van der Waals surface area contributed by atoms with Crippen LogP contribution in [0.4, 0.5) is 0 Å². The van der Waals surface area contributed by atoms with E-state index >= 15 is 0 Å². The minimum atomic E-state index is 0.336. The molecular formula is C15H20N2S. The minimum absolute atomic E-state index is 0.336. The molecule has 2 aromatic rings. The molecule has 2 atom stereocenters. The molecule has 0 saturated carbocycles. The Hall–Kier alpha value is -1.19. The summed E-state index contributed by atoms with van der Waals surface area (Å²) in [7, 11) is 0. The van der Waals surface area contributed by atoms with Crippen molar-refractivity contribution < 1.29 is 0 Å². The van der Waals surface area contributed by atoms with Gasteiger partial charge in [-0.05, 0) is 42.0 Å². The Morgan fingerprint density at radius 3 is 2.39 bits per heavy atom. The largest absolute Gasteiger partial charge is 0.302 e. The Kier molecular flexibility index (Phi) is 4.50. The zero-order chi connectivity index (χ0) is 13.0. The number of nitrogens with zero attached hydrogens (tertiary/aromatic N) is 1. The van der Waals surface area contributed by atoms with Gasteiger partial charge in [0.1, 0.15) is 0 Å². The van der Waals surface area contributed by atoms with Crippen LogP contribution in [-0.2, 0) is 0 Å². The summed E-state index contributed by atoms with van der Waals surface area (Å²) in [5.41, 5.74) is 1.28. The van der Waals surface area contributed by atoms with Gasteiger partial charge in [-0.15, -0.1) is 11.3 Å². The Bertz CT molecular complexity index is 451. The zero-order valence-electron chi connectivity index (χ0n) is 11.1. The van der Waals surface area contributed by atoms with Crippen molar-refractivity contribution in [3.63, 3.8) is 0 Å². The predicted octanol–water partition coefficient (Wildman–Crippen LogP) is 4.19. The van der Waals surface area contributed by atoms with Crippen LogP contribution in [0.1, 0.15) is 43.3 Å². The van der Waals surface area contributed by atoms with E-state index in [4.69, 9.17) is 0 Å². The van der Waals surface area contributed by atoms with Crippen LogP contribution in [0.5, 0.6) is 0 Å². The number of nitrogens with one attached hydrogen (secondary N) is 1. The van der Waals surface area contributed by atoms with Crippen molar-refractivity contribution in [1.29, 1.82) is 0 Å². The number of hydrogen-bond donors (Lipinski definition) is 1. The summed E-state index contributed by atoms with van der Waals surface area (Å²) in [6.07, 6.45) is 3.70. The predicted molar refractivity (Wildman–Crippen MR) is 77.7 cm³/mol. The van der Waals surface area contributed by atoms with Crippen LogP contribution in [0.15, 0.2) is 42.0 Å². The highest BCUT2D eigenvalue weighted by Gasteiger charge is 2.19. The fourth-order valence-corrected chi connectivity index (χ4v) is 3.05. The van der Waals surface area contributed by atoms with Gasteiger partial charge < -0.3 is 5.32 Å². The third-order valence-corrected chi connectivity index (χ3v) is 4.11. The average Bonchev–Trinajstić information content (AvgIpc) is 2.90. The van der Waals surface area contributed by atoms with Gasteiger partial charge in [0.15, 0.2) is 0 Å². The first-order valence-corrected chi connectivity index (χ1v) is 7.26. The van der Waals surface area contributed by atoms with Gasteiger partial charge in [0.2, 0.25) is 0 Å². The smallest absolute Gasteiger partial charge is 0.0442 e. The van der Waals surface area contributed by atoms with E-state index in [0.717, 1.165) is 0 Å². The summed E-state index contributed by atoms with van der Waals surface area (Å²) in [6.45, 7) is 6.73. The van der Waals surface area contributed by atoms with E-state index in [9.17, 15) is 0 Å². The molecular weight excluding hydrogens is 240 g/mol. The number of aromatic nitrogens is 1. The molecule has 2 nitrogen and oxygen atoms in total. The lowest BCUT2D eigenvalue weighted by Crippen LogP contribution is -2.27. The second kappa shape index (κ2) is 6.12. The molecule has 0 fully saturated rings. The van der Waals surface area contributed by atoms with Crippen LogP contribution in [0.25, 0.3) is 0 Å². The molecule has 0 amide bonds. The molecule has 96 valence electrons. The standard InChI is InChI=1S/C15H20N2S/c1-11(2)15(14-5-4-10-18-14)17-12(3)13-6-8-16-9-7-13/h4-12,15,17H,1-3H3/t12-,15?/m1/s1. The van der Waals surface area contributed by atoms with Gasteiger partial charge >= 0.3 is 0 Å². The Labute approximate surface area is 113 Å². The lowest BCUT2D eigenvalue weighted by atomic mass is 10.00. The van der Waals surface area contributed by atoms with E-state index in [1.54, 1.807) is 0 Å². The summed E-state index contributed by atoms with van der Waals surface area (Å²) >= 11 is 1.82. The van der Waals surface area contributed by atoms with E-state index in [1.165, 1.54) is 10.4 Å². The summed E-state index contributed by atoms with van der Waals surface area (Å²) in [5.74, 6) is 0.577. The quantitative estimate of drug-likeness (QED) is 0.872. The second-order valence-electron chi connectivity index (χ2n) is 4.91. The molecule has 2 aromatic heterocycles. The van der Waals surface area contributed by atoms with Crippen LogP contribution in [0.3, 0.4) is 0 Å². The number of pyridine rings is 1. The van der Waals surface area contributed by atoms with Gasteiger partial charge in [-0.3, -0.25) is 4.98 Å². The van der Waals surface area contributed by atoms with Crippen molar-refractivity contribution in [3.8, 4) is 0 Å². The van der Waals surface area contributed by atoms with Crippen LogP contribution in [-0.4, -0.2) is 4.98 Å². The normalized spacial score (nSPS) is 14.7. The molecule has 18 heavy (non-hydrogen) atoms. The molecule has 0 aromatic carbocycles. The van der Waals surface area contributed by atoms with Gasteiger partial charge in [-0.25, -0.2) is 0 Å². The first-order chi connectivity index (χ1) is 8.68. The minimum Gasteiger partial charge on any atom is -0.302 e. The third-order valence-electron chi connectivity index (χ3n) is 3.15. The van der Waals surface area contributed by atoms with Crippen LogP contribution < -0.4 is 5.32 Å². The monoisotopic (exact) mass is 260 g/mol. The lowest BCUT2D eigenvalue weighted by molar-refractivity contribution is 0.379. The fourth-order valence-electron chi connectivity index (χ4n) is 2.09. The maximum absolute atomic E-state index is 4.07. The maximum atomic E-state index is 4.07. The van der Waals surface area contributed by atoms with E-state index < -0.39 is 0 Å². The van der Waals surface area contributed by atoms with Crippen molar-refractivity contribution in [2.75, 3.05) is 0 Å². The molecule has 1 unspecified atom stereocenters. The van der Waals surface area contributed by atoms with E-state index in [-0.39, 0.29) is 0 Å². The highest BCUT2D eigenvalue weighted by atomic mass is 32.1. The van der Waals surface area contributed by atoms with Crippen molar-refractivity contribution in [1.82, 2.24) is 10.3 Å². The molecule has 2 rings (SSSR count). The van der Waals surface area contributed by atoms with Crippen LogP contribution in [0, 0.1) is 5.92 Å². The Morgan fingerprint density at radius 2 is 1.83 bits per heavy atom. The molecule has 0 saturated heterocycles. The summed E-state index contributed by atoms with van der Waals surface area (Å²) in [5, 5.41) is 5.86. The lowest BCUT2D eigenvalue weighted by Gasteiger charge is -2.26. The maximum Gasteiger partial charge on any atom is 0.0442 e. The average molecular weight is 260 g/mol. The summed E-state index contributed by atoms with van der Waals surface area (Å²) < 4.78 is 0. The molecule has 1 N–H and O–H groups in total. The van der Waals surface area contributed by atoms with E-state index in [2.05, 4.69) is 60.7 Å². The zero-order valence-corrected chi connectivity index (χ0v) is 11.9. The molecule has 0 aliphatic heterocycles. The second-order valence-corrected chi connectivity index (χ2v) is 5.89. The van der Waals surface area contributed by atoms with Gasteiger partial charge in [-0.1, -0.05) is 19.9 Å². The van der Waals surface area contributed by atoms with Crippen molar-refractivity contribution >= 4 is 11.3 Å². The molecule has 0 radical (unpaired) electrons. The SMILES string of the molecule is CC(C)C(N[C@H](C)c1ccncc1)c1cccs1. The number of thiophene rings is 1. The van der Waals surface area contributed by atoms with Crippen molar-refractivity contribution in [2.45, 2.75) is 32.9 Å². The molecule has 0 bridgehead atoms. The van der Waals surface area contributed by atoms with E-state index in [0.29, 0.717) is 18.0 Å². The highest BCUT2D eigenvalue weighted by molar-refractivity contribution is 7.10. The van der Waals surface area contributed by atoms with Gasteiger partial charge in [0.05, 0.1) is 0 Å². The van der Waals surface area contributed by atoms with Gasteiger partial charge in [-0.2, -0.15) is 0 Å². The number of rotatable bonds is 5. The molecule has 0 aliphatic rings. The van der Waals surface area contributed by atoms with Gasteiger partial charge in [0.25, 0.3) is 0 Å². The van der Waals surface area contributed by atoms with Crippen molar-refractivity contribution in [3.05, 3.63) is 52.5 Å². The highest BCUT2D eigenvalue weighted by Crippen LogP contribution is 2.28.